The lowest BCUT2D eigenvalue weighted by atomic mass is 10.3. The summed E-state index contributed by atoms with van der Waals surface area (Å²) in [5.41, 5.74) is 0. The van der Waals surface area contributed by atoms with Crippen LogP contribution in [0, 0.1) is 5.82 Å². The molecule has 0 saturated carbocycles. The van der Waals surface area contributed by atoms with Crippen molar-refractivity contribution in [3.8, 4) is 5.75 Å². The van der Waals surface area contributed by atoms with Gasteiger partial charge in [-0.05, 0) is 19.1 Å². The van der Waals surface area contributed by atoms with Crippen LogP contribution in [-0.2, 0) is 13.0 Å². The highest BCUT2D eigenvalue weighted by Crippen LogP contribution is 2.16. The summed E-state index contributed by atoms with van der Waals surface area (Å²) in [6.07, 6.45) is 2.36. The van der Waals surface area contributed by atoms with Crippen molar-refractivity contribution in [1.29, 1.82) is 0 Å². The fraction of sp³-hybridized carbons (Fsp3) is 0.471. The van der Waals surface area contributed by atoms with Crippen molar-refractivity contribution in [3.63, 3.8) is 0 Å². The zero-order valence-electron chi connectivity index (χ0n) is 14.9. The van der Waals surface area contributed by atoms with Gasteiger partial charge in [-0.25, -0.2) is 4.39 Å². The first-order valence-corrected chi connectivity index (χ1v) is 8.36. The Kier molecular flexibility index (Phi) is 7.18. The van der Waals surface area contributed by atoms with Crippen molar-refractivity contribution in [3.05, 3.63) is 42.2 Å². The van der Waals surface area contributed by atoms with E-state index in [0.717, 1.165) is 18.8 Å². The molecule has 0 saturated heterocycles. The lowest BCUT2D eigenvalue weighted by molar-refractivity contribution is 0.214. The summed E-state index contributed by atoms with van der Waals surface area (Å²) in [7, 11) is 1.70. The molecule has 8 heteroatoms. The number of rotatable bonds is 8. The average molecular weight is 348 g/mol. The first-order chi connectivity index (χ1) is 12.1. The summed E-state index contributed by atoms with van der Waals surface area (Å²) in [4.78, 5) is 4.17. The van der Waals surface area contributed by atoms with Crippen LogP contribution in [0.2, 0.25) is 0 Å². The highest BCUT2D eigenvalue weighted by atomic mass is 19.1. The number of aliphatic imine (C=N–C) groups is 1. The molecule has 1 aromatic carbocycles. The molecule has 0 aliphatic carbocycles. The molecule has 0 fully saturated rings. The predicted molar refractivity (Wildman–Crippen MR) is 95.3 cm³/mol. The van der Waals surface area contributed by atoms with Crippen LogP contribution < -0.4 is 15.4 Å². The van der Waals surface area contributed by atoms with Gasteiger partial charge in [-0.1, -0.05) is 19.1 Å². The summed E-state index contributed by atoms with van der Waals surface area (Å²) in [5.74, 6) is 1.50. The van der Waals surface area contributed by atoms with E-state index in [4.69, 9.17) is 4.74 Å². The Labute approximate surface area is 147 Å². The van der Waals surface area contributed by atoms with E-state index in [1.54, 1.807) is 31.6 Å². The van der Waals surface area contributed by atoms with Gasteiger partial charge in [0.2, 0.25) is 0 Å². The van der Waals surface area contributed by atoms with Crippen LogP contribution in [0.15, 0.2) is 35.6 Å². The van der Waals surface area contributed by atoms with Crippen molar-refractivity contribution in [2.45, 2.75) is 32.9 Å². The minimum atomic E-state index is -0.363. The molecule has 0 aliphatic heterocycles. The third-order valence-electron chi connectivity index (χ3n) is 3.60. The van der Waals surface area contributed by atoms with Crippen LogP contribution in [-0.4, -0.2) is 47.0 Å². The molecular weight excluding hydrogens is 323 g/mol. The molecule has 1 unspecified atom stereocenters. The van der Waals surface area contributed by atoms with Crippen LogP contribution in [0.1, 0.15) is 19.7 Å². The Morgan fingerprint density at radius 1 is 1.36 bits per heavy atom. The van der Waals surface area contributed by atoms with Crippen LogP contribution in [0.5, 0.6) is 5.75 Å². The van der Waals surface area contributed by atoms with Crippen LogP contribution >= 0.6 is 0 Å². The molecule has 136 valence electrons. The lowest BCUT2D eigenvalue weighted by Crippen LogP contribution is -2.42. The van der Waals surface area contributed by atoms with Crippen molar-refractivity contribution in [2.24, 2.45) is 4.99 Å². The van der Waals surface area contributed by atoms with E-state index in [1.807, 2.05) is 18.4 Å². The number of benzene rings is 1. The summed E-state index contributed by atoms with van der Waals surface area (Å²) < 4.78 is 21.2. The Hall–Kier alpha value is -2.64. The number of aromatic nitrogens is 3. The van der Waals surface area contributed by atoms with Gasteiger partial charge in [0.05, 0.1) is 6.54 Å². The molecule has 0 amide bonds. The SMILES string of the molecule is CCc1nncn1CCNC(=NC)NCC(C)Oc1ccccc1F. The van der Waals surface area contributed by atoms with Crippen molar-refractivity contribution in [1.82, 2.24) is 25.4 Å². The third-order valence-corrected chi connectivity index (χ3v) is 3.60. The molecule has 2 rings (SSSR count). The minimum absolute atomic E-state index is 0.208. The van der Waals surface area contributed by atoms with E-state index >= 15 is 0 Å². The van der Waals surface area contributed by atoms with Gasteiger partial charge in [-0.3, -0.25) is 4.99 Å². The van der Waals surface area contributed by atoms with Gasteiger partial charge >= 0.3 is 0 Å². The topological polar surface area (TPSA) is 76.4 Å². The standard InChI is InChI=1S/C17H25FN6O/c1-4-16-23-22-12-24(16)10-9-20-17(19-3)21-11-13(2)25-15-8-6-5-7-14(15)18/h5-8,12-13H,4,9-11H2,1-3H3,(H2,19,20,21). The Balaban J connectivity index is 1.73. The first-order valence-electron chi connectivity index (χ1n) is 8.36. The van der Waals surface area contributed by atoms with Gasteiger partial charge in [0, 0.05) is 26.6 Å². The molecule has 0 bridgehead atoms. The molecule has 1 atom stereocenters. The van der Waals surface area contributed by atoms with Crippen molar-refractivity contribution in [2.75, 3.05) is 20.1 Å². The van der Waals surface area contributed by atoms with Gasteiger partial charge in [-0.2, -0.15) is 0 Å². The molecular formula is C17H25FN6O. The molecule has 2 aromatic rings. The predicted octanol–water partition coefficient (Wildman–Crippen LogP) is 1.61. The molecule has 25 heavy (non-hydrogen) atoms. The van der Waals surface area contributed by atoms with Gasteiger partial charge in [0.1, 0.15) is 18.3 Å². The molecule has 0 spiro atoms. The van der Waals surface area contributed by atoms with E-state index in [-0.39, 0.29) is 17.7 Å². The zero-order valence-corrected chi connectivity index (χ0v) is 14.9. The van der Waals surface area contributed by atoms with E-state index in [2.05, 4.69) is 25.8 Å². The van der Waals surface area contributed by atoms with Gasteiger partial charge in [-0.15, -0.1) is 10.2 Å². The molecule has 0 aliphatic rings. The van der Waals surface area contributed by atoms with Gasteiger partial charge in [0.15, 0.2) is 17.5 Å². The van der Waals surface area contributed by atoms with Crippen molar-refractivity contribution >= 4 is 5.96 Å². The molecule has 1 heterocycles. The number of ether oxygens (including phenoxy) is 1. The normalized spacial score (nSPS) is 12.7. The number of nitrogens with one attached hydrogen (secondary N) is 2. The van der Waals surface area contributed by atoms with Crippen LogP contribution in [0.3, 0.4) is 0 Å². The first kappa shape index (κ1) is 18.7. The van der Waals surface area contributed by atoms with E-state index in [9.17, 15) is 4.39 Å². The van der Waals surface area contributed by atoms with Crippen LogP contribution in [0.25, 0.3) is 0 Å². The largest absolute Gasteiger partial charge is 0.486 e. The maximum atomic E-state index is 13.6. The highest BCUT2D eigenvalue weighted by molar-refractivity contribution is 5.79. The molecule has 2 N–H and O–H groups in total. The average Bonchev–Trinajstić information content (AvgIpc) is 3.07. The smallest absolute Gasteiger partial charge is 0.191 e. The Morgan fingerprint density at radius 3 is 2.88 bits per heavy atom. The molecule has 7 nitrogen and oxygen atoms in total. The Bertz CT molecular complexity index is 687. The number of guanidine groups is 1. The maximum Gasteiger partial charge on any atom is 0.191 e. The van der Waals surface area contributed by atoms with Crippen molar-refractivity contribution < 1.29 is 9.13 Å². The van der Waals surface area contributed by atoms with Gasteiger partial charge in [0.25, 0.3) is 0 Å². The summed E-state index contributed by atoms with van der Waals surface area (Å²) in [6, 6.07) is 6.38. The maximum absolute atomic E-state index is 13.6. The monoisotopic (exact) mass is 348 g/mol. The number of para-hydroxylation sites is 1. The number of halogens is 1. The second-order valence-electron chi connectivity index (χ2n) is 5.53. The highest BCUT2D eigenvalue weighted by Gasteiger charge is 2.09. The third kappa shape index (κ3) is 5.74. The molecule has 1 aromatic heterocycles. The minimum Gasteiger partial charge on any atom is -0.486 e. The second-order valence-corrected chi connectivity index (χ2v) is 5.53. The van der Waals surface area contributed by atoms with E-state index < -0.39 is 0 Å². The fourth-order valence-corrected chi connectivity index (χ4v) is 2.29. The lowest BCUT2D eigenvalue weighted by Gasteiger charge is -2.18. The van der Waals surface area contributed by atoms with E-state index in [0.29, 0.717) is 19.0 Å². The number of nitrogens with zero attached hydrogens (tertiary/aromatic N) is 4. The van der Waals surface area contributed by atoms with E-state index in [1.165, 1.54) is 6.07 Å². The number of aryl methyl sites for hydroxylation is 1. The fourth-order valence-electron chi connectivity index (χ4n) is 2.29. The molecule has 0 radical (unpaired) electrons. The summed E-state index contributed by atoms with van der Waals surface area (Å²) in [5, 5.41) is 14.4. The summed E-state index contributed by atoms with van der Waals surface area (Å²) in [6.45, 7) is 5.86. The summed E-state index contributed by atoms with van der Waals surface area (Å²) >= 11 is 0. The zero-order chi connectivity index (χ0) is 18.1. The number of hydrogen-bond acceptors (Lipinski definition) is 4. The quantitative estimate of drug-likeness (QED) is 0.560. The second kappa shape index (κ2) is 9.61. The van der Waals surface area contributed by atoms with Crippen LogP contribution in [0.4, 0.5) is 4.39 Å². The number of hydrogen-bond donors (Lipinski definition) is 2. The van der Waals surface area contributed by atoms with Gasteiger partial charge < -0.3 is 19.9 Å². The Morgan fingerprint density at radius 2 is 2.16 bits per heavy atom.